The number of carboxylic acid groups (broad SMARTS) is 1. The second kappa shape index (κ2) is 5.57. The summed E-state index contributed by atoms with van der Waals surface area (Å²) in [4.78, 5) is 12.7. The number of aliphatic carboxylic acids is 1. The molecule has 1 aliphatic carbocycles. The van der Waals surface area contributed by atoms with Crippen LogP contribution in [-0.4, -0.2) is 42.5 Å². The Bertz CT molecular complexity index is 240. The number of rotatable bonds is 5. The van der Waals surface area contributed by atoms with Crippen molar-refractivity contribution in [1.29, 1.82) is 0 Å². The third kappa shape index (κ3) is 3.40. The molecule has 16 heavy (non-hydrogen) atoms. The maximum Gasteiger partial charge on any atom is 0.310 e. The highest BCUT2D eigenvalue weighted by Gasteiger charge is 2.40. The molecule has 1 aliphatic rings. The van der Waals surface area contributed by atoms with E-state index in [-0.39, 0.29) is 13.1 Å². The van der Waals surface area contributed by atoms with E-state index in [1.807, 2.05) is 0 Å². The van der Waals surface area contributed by atoms with Crippen LogP contribution >= 0.6 is 0 Å². The molecule has 1 saturated carbocycles. The fourth-order valence-electron chi connectivity index (χ4n) is 2.48. The van der Waals surface area contributed by atoms with Gasteiger partial charge in [-0.05, 0) is 19.9 Å². The second-order valence-electron chi connectivity index (χ2n) is 4.73. The molecule has 3 nitrogen and oxygen atoms in total. The van der Waals surface area contributed by atoms with Crippen LogP contribution in [0.25, 0.3) is 0 Å². The predicted octanol–water partition coefficient (Wildman–Crippen LogP) is 2.22. The summed E-state index contributed by atoms with van der Waals surface area (Å²) >= 11 is 0. The molecule has 0 atom stereocenters. The Morgan fingerprint density at radius 3 is 2.38 bits per heavy atom. The largest absolute Gasteiger partial charge is 0.481 e. The molecule has 1 fully saturated rings. The summed E-state index contributed by atoms with van der Waals surface area (Å²) in [6.45, 7) is -0.123. The highest BCUT2D eigenvalue weighted by Crippen LogP contribution is 2.37. The summed E-state index contributed by atoms with van der Waals surface area (Å²) in [5, 5.41) is 9.26. The first-order valence-electron chi connectivity index (χ1n) is 5.66. The van der Waals surface area contributed by atoms with Gasteiger partial charge in [0.15, 0.2) is 0 Å². The van der Waals surface area contributed by atoms with Crippen LogP contribution in [0.1, 0.15) is 32.1 Å². The first kappa shape index (κ1) is 13.4. The molecule has 1 rings (SSSR count). The molecule has 0 amide bonds. The van der Waals surface area contributed by atoms with Crippen LogP contribution in [-0.2, 0) is 4.79 Å². The normalized spacial score (nSPS) is 20.3. The van der Waals surface area contributed by atoms with E-state index in [1.165, 1.54) is 4.90 Å². The lowest BCUT2D eigenvalue weighted by Gasteiger charge is -2.36. The van der Waals surface area contributed by atoms with Crippen molar-refractivity contribution in [3.05, 3.63) is 0 Å². The highest BCUT2D eigenvalue weighted by molar-refractivity contribution is 5.75. The topological polar surface area (TPSA) is 40.5 Å². The number of halogens is 2. The van der Waals surface area contributed by atoms with Crippen LogP contribution < -0.4 is 0 Å². The summed E-state index contributed by atoms with van der Waals surface area (Å²) < 4.78 is 24.4. The zero-order valence-electron chi connectivity index (χ0n) is 9.59. The van der Waals surface area contributed by atoms with Crippen LogP contribution in [0.3, 0.4) is 0 Å². The molecule has 0 spiro atoms. The molecule has 0 bridgehead atoms. The molecule has 0 aromatic heterocycles. The average molecular weight is 235 g/mol. The zero-order valence-corrected chi connectivity index (χ0v) is 9.59. The van der Waals surface area contributed by atoms with Gasteiger partial charge in [-0.2, -0.15) is 0 Å². The molecule has 0 unspecified atom stereocenters. The second-order valence-corrected chi connectivity index (χ2v) is 4.73. The van der Waals surface area contributed by atoms with Gasteiger partial charge < -0.3 is 5.11 Å². The van der Waals surface area contributed by atoms with E-state index in [9.17, 15) is 18.7 Å². The van der Waals surface area contributed by atoms with Crippen molar-refractivity contribution >= 4 is 5.97 Å². The van der Waals surface area contributed by atoms with Crippen molar-refractivity contribution in [2.45, 2.75) is 38.5 Å². The van der Waals surface area contributed by atoms with Crippen LogP contribution in [0.4, 0.5) is 8.78 Å². The third-order valence-electron chi connectivity index (χ3n) is 3.29. The van der Waals surface area contributed by atoms with Crippen molar-refractivity contribution in [1.82, 2.24) is 4.90 Å². The number of hydrogen-bond donors (Lipinski definition) is 1. The Kier molecular flexibility index (Phi) is 4.65. The zero-order chi connectivity index (χ0) is 12.2. The van der Waals surface area contributed by atoms with Crippen LogP contribution in [0.5, 0.6) is 0 Å². The molecule has 0 saturated heterocycles. The average Bonchev–Trinajstić information content (AvgIpc) is 2.17. The summed E-state index contributed by atoms with van der Waals surface area (Å²) in [6, 6.07) is 0. The predicted molar refractivity (Wildman–Crippen MR) is 56.7 cm³/mol. The minimum absolute atomic E-state index is 0.229. The van der Waals surface area contributed by atoms with Gasteiger partial charge in [-0.15, -0.1) is 0 Å². The molecule has 5 heteroatoms. The Morgan fingerprint density at radius 1 is 1.38 bits per heavy atom. The van der Waals surface area contributed by atoms with Crippen molar-refractivity contribution in [3.63, 3.8) is 0 Å². The van der Waals surface area contributed by atoms with E-state index in [1.54, 1.807) is 7.05 Å². The Balaban J connectivity index is 2.60. The van der Waals surface area contributed by atoms with Gasteiger partial charge in [-0.3, -0.25) is 9.69 Å². The molecular weight excluding hydrogens is 216 g/mol. The van der Waals surface area contributed by atoms with E-state index in [0.29, 0.717) is 12.8 Å². The maximum atomic E-state index is 12.2. The van der Waals surface area contributed by atoms with Gasteiger partial charge in [0.2, 0.25) is 0 Å². The molecule has 0 heterocycles. The van der Waals surface area contributed by atoms with E-state index in [0.717, 1.165) is 19.3 Å². The summed E-state index contributed by atoms with van der Waals surface area (Å²) in [7, 11) is 1.56. The van der Waals surface area contributed by atoms with Gasteiger partial charge in [-0.1, -0.05) is 19.3 Å². The Labute approximate surface area is 94.4 Å². The molecule has 0 aromatic rings. The highest BCUT2D eigenvalue weighted by atomic mass is 19.3. The van der Waals surface area contributed by atoms with Crippen molar-refractivity contribution < 1.29 is 18.7 Å². The van der Waals surface area contributed by atoms with Gasteiger partial charge in [0.25, 0.3) is 6.43 Å². The molecule has 0 aliphatic heterocycles. The third-order valence-corrected chi connectivity index (χ3v) is 3.29. The summed E-state index contributed by atoms with van der Waals surface area (Å²) in [5.41, 5.74) is -0.804. The van der Waals surface area contributed by atoms with Gasteiger partial charge >= 0.3 is 5.97 Å². The van der Waals surface area contributed by atoms with Crippen molar-refractivity contribution in [3.8, 4) is 0 Å². The number of nitrogens with zero attached hydrogens (tertiary/aromatic N) is 1. The van der Waals surface area contributed by atoms with Crippen molar-refractivity contribution in [2.24, 2.45) is 5.41 Å². The van der Waals surface area contributed by atoms with Crippen molar-refractivity contribution in [2.75, 3.05) is 20.1 Å². The smallest absolute Gasteiger partial charge is 0.310 e. The van der Waals surface area contributed by atoms with E-state index < -0.39 is 17.8 Å². The lowest BCUT2D eigenvalue weighted by atomic mass is 9.73. The standard InChI is InChI=1S/C11H19F2NO2/c1-14(7-9(12)13)8-11(10(15)16)5-3-2-4-6-11/h9H,2-8H2,1H3,(H,15,16). The molecule has 0 radical (unpaired) electrons. The minimum atomic E-state index is -2.40. The number of carboxylic acids is 1. The lowest BCUT2D eigenvalue weighted by Crippen LogP contribution is -2.44. The van der Waals surface area contributed by atoms with Gasteiger partial charge in [-0.25, -0.2) is 8.78 Å². The fraction of sp³-hybridized carbons (Fsp3) is 0.909. The molecule has 0 aromatic carbocycles. The van der Waals surface area contributed by atoms with E-state index >= 15 is 0 Å². The van der Waals surface area contributed by atoms with Crippen LogP contribution in [0.2, 0.25) is 0 Å². The van der Waals surface area contributed by atoms with Crippen LogP contribution in [0, 0.1) is 5.41 Å². The SMILES string of the molecule is CN(CC(F)F)CC1(C(=O)O)CCCCC1. The lowest BCUT2D eigenvalue weighted by molar-refractivity contribution is -0.152. The van der Waals surface area contributed by atoms with E-state index in [4.69, 9.17) is 0 Å². The molecular formula is C11H19F2NO2. The quantitative estimate of drug-likeness (QED) is 0.794. The van der Waals surface area contributed by atoms with Gasteiger partial charge in [0.1, 0.15) is 0 Å². The first-order chi connectivity index (χ1) is 7.46. The summed E-state index contributed by atoms with van der Waals surface area (Å²) in [6.07, 6.45) is 1.63. The number of hydrogen-bond acceptors (Lipinski definition) is 2. The van der Waals surface area contributed by atoms with Gasteiger partial charge in [0, 0.05) is 6.54 Å². The molecule has 94 valence electrons. The Morgan fingerprint density at radius 2 is 1.94 bits per heavy atom. The summed E-state index contributed by atoms with van der Waals surface area (Å²) in [5.74, 6) is -0.840. The minimum Gasteiger partial charge on any atom is -0.481 e. The Hall–Kier alpha value is -0.710. The molecule has 1 N–H and O–H groups in total. The van der Waals surface area contributed by atoms with E-state index in [2.05, 4.69) is 0 Å². The van der Waals surface area contributed by atoms with Gasteiger partial charge in [0.05, 0.1) is 12.0 Å². The number of alkyl halides is 2. The number of carbonyl (C=O) groups is 1. The maximum absolute atomic E-state index is 12.2. The fourth-order valence-corrected chi connectivity index (χ4v) is 2.48. The first-order valence-corrected chi connectivity index (χ1v) is 5.66. The monoisotopic (exact) mass is 235 g/mol. The van der Waals surface area contributed by atoms with Crippen LogP contribution in [0.15, 0.2) is 0 Å².